The van der Waals surface area contributed by atoms with Gasteiger partial charge in [-0.2, -0.15) is 0 Å². The third kappa shape index (κ3) is 1.55. The highest BCUT2D eigenvalue weighted by atomic mass is 16.5. The van der Waals surface area contributed by atoms with E-state index in [0.29, 0.717) is 6.04 Å². The molecule has 0 amide bonds. The van der Waals surface area contributed by atoms with Crippen LogP contribution < -0.4 is 5.32 Å². The molecule has 0 bridgehead atoms. The summed E-state index contributed by atoms with van der Waals surface area (Å²) >= 11 is 0. The number of anilines is 1. The van der Waals surface area contributed by atoms with Gasteiger partial charge in [-0.25, -0.2) is 0 Å². The predicted molar refractivity (Wildman–Crippen MR) is 49.4 cm³/mol. The summed E-state index contributed by atoms with van der Waals surface area (Å²) in [6.45, 7) is 0. The summed E-state index contributed by atoms with van der Waals surface area (Å²) in [5.41, 5.74) is 0. The first kappa shape index (κ1) is 7.42. The number of nitrogens with zero attached hydrogens (tertiary/aromatic N) is 1. The van der Waals surface area contributed by atoms with Gasteiger partial charge in [-0.1, -0.05) is 5.16 Å². The molecule has 70 valence electrons. The first-order valence-corrected chi connectivity index (χ1v) is 5.10. The van der Waals surface area contributed by atoms with E-state index in [0.717, 1.165) is 17.7 Å². The molecule has 3 nitrogen and oxygen atoms in total. The smallest absolute Gasteiger partial charge is 0.169 e. The molecule has 2 aliphatic carbocycles. The lowest BCUT2D eigenvalue weighted by Gasteiger charge is -2.16. The molecule has 0 atom stereocenters. The van der Waals surface area contributed by atoms with Gasteiger partial charge < -0.3 is 9.84 Å². The molecule has 2 aliphatic rings. The maximum atomic E-state index is 4.80. The standard InChI is InChI=1S/C10H14N2O/c1-2-7(1)10(8-3-4-8)11-9-5-6-13-12-9/h5-8,10H,1-4H2,(H,11,12). The second kappa shape index (κ2) is 2.76. The molecule has 1 N–H and O–H groups in total. The fourth-order valence-electron chi connectivity index (χ4n) is 1.99. The topological polar surface area (TPSA) is 38.1 Å². The van der Waals surface area contributed by atoms with E-state index in [1.54, 1.807) is 6.26 Å². The van der Waals surface area contributed by atoms with Crippen LogP contribution in [0, 0.1) is 11.8 Å². The van der Waals surface area contributed by atoms with E-state index >= 15 is 0 Å². The molecule has 0 unspecified atom stereocenters. The second-order valence-corrected chi connectivity index (χ2v) is 4.23. The van der Waals surface area contributed by atoms with Crippen molar-refractivity contribution in [3.8, 4) is 0 Å². The molecule has 1 heterocycles. The van der Waals surface area contributed by atoms with Crippen molar-refractivity contribution in [2.75, 3.05) is 5.32 Å². The van der Waals surface area contributed by atoms with Crippen molar-refractivity contribution >= 4 is 5.82 Å². The maximum Gasteiger partial charge on any atom is 0.169 e. The van der Waals surface area contributed by atoms with Gasteiger partial charge in [0, 0.05) is 12.1 Å². The molecular weight excluding hydrogens is 164 g/mol. The zero-order chi connectivity index (χ0) is 8.67. The summed E-state index contributed by atoms with van der Waals surface area (Å²) < 4.78 is 4.80. The average molecular weight is 178 g/mol. The van der Waals surface area contributed by atoms with E-state index in [1.807, 2.05) is 6.07 Å². The van der Waals surface area contributed by atoms with Crippen LogP contribution in [0.1, 0.15) is 25.7 Å². The molecule has 0 saturated heterocycles. The zero-order valence-electron chi connectivity index (χ0n) is 7.57. The molecule has 0 aromatic carbocycles. The monoisotopic (exact) mass is 178 g/mol. The van der Waals surface area contributed by atoms with E-state index in [1.165, 1.54) is 25.7 Å². The largest absolute Gasteiger partial charge is 0.364 e. The van der Waals surface area contributed by atoms with Gasteiger partial charge in [-0.3, -0.25) is 0 Å². The van der Waals surface area contributed by atoms with Crippen molar-refractivity contribution < 1.29 is 4.52 Å². The summed E-state index contributed by atoms with van der Waals surface area (Å²) in [6.07, 6.45) is 7.20. The first-order chi connectivity index (χ1) is 6.43. The van der Waals surface area contributed by atoms with E-state index in [9.17, 15) is 0 Å². The number of hydrogen-bond acceptors (Lipinski definition) is 3. The third-order valence-corrected chi connectivity index (χ3v) is 3.01. The first-order valence-electron chi connectivity index (χ1n) is 5.10. The molecule has 2 fully saturated rings. The van der Waals surface area contributed by atoms with E-state index < -0.39 is 0 Å². The average Bonchev–Trinajstić information content (AvgIpc) is 3.04. The summed E-state index contributed by atoms with van der Waals surface area (Å²) in [7, 11) is 0. The zero-order valence-corrected chi connectivity index (χ0v) is 7.57. The van der Waals surface area contributed by atoms with E-state index in [-0.39, 0.29) is 0 Å². The number of hydrogen-bond donors (Lipinski definition) is 1. The van der Waals surface area contributed by atoms with E-state index in [4.69, 9.17) is 4.52 Å². The van der Waals surface area contributed by atoms with Crippen LogP contribution in [0.5, 0.6) is 0 Å². The van der Waals surface area contributed by atoms with Gasteiger partial charge in [0.2, 0.25) is 0 Å². The van der Waals surface area contributed by atoms with Crippen LogP contribution in [0.4, 0.5) is 5.82 Å². The normalized spacial score (nSPS) is 22.2. The van der Waals surface area contributed by atoms with Crippen molar-refractivity contribution in [1.29, 1.82) is 0 Å². The fourth-order valence-corrected chi connectivity index (χ4v) is 1.99. The summed E-state index contributed by atoms with van der Waals surface area (Å²) in [6, 6.07) is 2.57. The van der Waals surface area contributed by atoms with Crippen LogP contribution in [-0.2, 0) is 0 Å². The fraction of sp³-hybridized carbons (Fsp3) is 0.700. The molecule has 2 saturated carbocycles. The van der Waals surface area contributed by atoms with Gasteiger partial charge in [-0.05, 0) is 37.5 Å². The highest BCUT2D eigenvalue weighted by Crippen LogP contribution is 2.45. The third-order valence-electron chi connectivity index (χ3n) is 3.01. The predicted octanol–water partition coefficient (Wildman–Crippen LogP) is 2.28. The van der Waals surface area contributed by atoms with Gasteiger partial charge >= 0.3 is 0 Å². The van der Waals surface area contributed by atoms with Crippen molar-refractivity contribution in [1.82, 2.24) is 5.16 Å². The summed E-state index contributed by atoms with van der Waals surface area (Å²) in [5.74, 6) is 2.72. The number of nitrogens with one attached hydrogen (secondary N) is 1. The van der Waals surface area contributed by atoms with Crippen LogP contribution >= 0.6 is 0 Å². The minimum Gasteiger partial charge on any atom is -0.364 e. The minimum absolute atomic E-state index is 0.671. The number of aromatic nitrogens is 1. The Balaban J connectivity index is 1.67. The molecule has 0 radical (unpaired) electrons. The highest BCUT2D eigenvalue weighted by molar-refractivity contribution is 5.33. The molecule has 0 aliphatic heterocycles. The Labute approximate surface area is 77.5 Å². The summed E-state index contributed by atoms with van der Waals surface area (Å²) in [4.78, 5) is 0. The van der Waals surface area contributed by atoms with Gasteiger partial charge in [0.25, 0.3) is 0 Å². The van der Waals surface area contributed by atoms with E-state index in [2.05, 4.69) is 10.5 Å². The molecule has 1 aromatic heterocycles. The Morgan fingerprint density at radius 2 is 2.00 bits per heavy atom. The van der Waals surface area contributed by atoms with Gasteiger partial charge in [0.15, 0.2) is 5.82 Å². The maximum absolute atomic E-state index is 4.80. The Morgan fingerprint density at radius 1 is 1.31 bits per heavy atom. The van der Waals surface area contributed by atoms with Crippen LogP contribution in [0.2, 0.25) is 0 Å². The molecule has 0 spiro atoms. The minimum atomic E-state index is 0.671. The van der Waals surface area contributed by atoms with Gasteiger partial charge in [0.05, 0.1) is 0 Å². The number of rotatable bonds is 4. The molecular formula is C10H14N2O. The lowest BCUT2D eigenvalue weighted by atomic mass is 10.1. The van der Waals surface area contributed by atoms with Crippen molar-refractivity contribution in [3.05, 3.63) is 12.3 Å². The van der Waals surface area contributed by atoms with Crippen LogP contribution in [0.25, 0.3) is 0 Å². The Kier molecular flexibility index (Phi) is 1.57. The van der Waals surface area contributed by atoms with Crippen LogP contribution in [-0.4, -0.2) is 11.2 Å². The Hall–Kier alpha value is -0.990. The quantitative estimate of drug-likeness (QED) is 0.768. The van der Waals surface area contributed by atoms with Gasteiger partial charge in [-0.15, -0.1) is 0 Å². The van der Waals surface area contributed by atoms with Crippen LogP contribution in [0.15, 0.2) is 16.9 Å². The summed E-state index contributed by atoms with van der Waals surface area (Å²) in [5, 5.41) is 7.37. The second-order valence-electron chi connectivity index (χ2n) is 4.23. The molecule has 13 heavy (non-hydrogen) atoms. The Morgan fingerprint density at radius 3 is 2.46 bits per heavy atom. The molecule has 1 aromatic rings. The van der Waals surface area contributed by atoms with Crippen molar-refractivity contribution in [2.24, 2.45) is 11.8 Å². The molecule has 3 heteroatoms. The SMILES string of the molecule is c1cc(NC(C2CC2)C2CC2)no1. The van der Waals surface area contributed by atoms with Crippen molar-refractivity contribution in [2.45, 2.75) is 31.7 Å². The lowest BCUT2D eigenvalue weighted by Crippen LogP contribution is -2.24. The van der Waals surface area contributed by atoms with Crippen molar-refractivity contribution in [3.63, 3.8) is 0 Å². The Bertz CT molecular complexity index is 263. The van der Waals surface area contributed by atoms with Crippen LogP contribution in [0.3, 0.4) is 0 Å². The van der Waals surface area contributed by atoms with Gasteiger partial charge in [0.1, 0.15) is 6.26 Å². The lowest BCUT2D eigenvalue weighted by molar-refractivity contribution is 0.420. The molecule has 3 rings (SSSR count). The highest BCUT2D eigenvalue weighted by Gasteiger charge is 2.41.